The number of piperazine rings is 1. The maximum atomic E-state index is 12.7. The summed E-state index contributed by atoms with van der Waals surface area (Å²) >= 11 is 0. The van der Waals surface area contributed by atoms with Crippen LogP contribution < -0.4 is 10.1 Å². The molecule has 1 N–H and O–H groups in total. The van der Waals surface area contributed by atoms with Gasteiger partial charge in [0.05, 0.1) is 7.11 Å². The van der Waals surface area contributed by atoms with Crippen LogP contribution >= 0.6 is 0 Å². The summed E-state index contributed by atoms with van der Waals surface area (Å²) < 4.78 is 5.41. The molecule has 0 aliphatic carbocycles. The normalized spacial score (nSPS) is 14.1. The summed E-state index contributed by atoms with van der Waals surface area (Å²) in [5.41, 5.74) is 3.08. The molecule has 0 radical (unpaired) electrons. The van der Waals surface area contributed by atoms with Gasteiger partial charge in [-0.05, 0) is 36.6 Å². The van der Waals surface area contributed by atoms with Gasteiger partial charge in [-0.15, -0.1) is 0 Å². The number of ether oxygens (including phenoxy) is 1. The minimum absolute atomic E-state index is 0.0554. The number of anilines is 1. The van der Waals surface area contributed by atoms with E-state index < -0.39 is 0 Å². The first-order chi connectivity index (χ1) is 17.5. The lowest BCUT2D eigenvalue weighted by molar-refractivity contribution is -0.130. The summed E-state index contributed by atoms with van der Waals surface area (Å²) in [5, 5.41) is 3.00. The van der Waals surface area contributed by atoms with Gasteiger partial charge in [-0.25, -0.2) is 4.79 Å². The Balaban J connectivity index is 1.47. The number of carbonyl (C=O) groups excluding carboxylic acids is 2. The van der Waals surface area contributed by atoms with E-state index in [1.807, 2.05) is 77.4 Å². The zero-order valence-corrected chi connectivity index (χ0v) is 21.9. The Hall–Kier alpha value is -3.32. The van der Waals surface area contributed by atoms with E-state index in [4.69, 9.17) is 4.74 Å². The van der Waals surface area contributed by atoms with E-state index in [2.05, 4.69) is 17.1 Å². The topological polar surface area (TPSA) is 65.1 Å². The van der Waals surface area contributed by atoms with Crippen LogP contribution in [0.25, 0.3) is 6.08 Å². The zero-order chi connectivity index (χ0) is 25.8. The Morgan fingerprint density at radius 2 is 1.75 bits per heavy atom. The molecule has 3 amide bonds. The number of hydrogen-bond donors (Lipinski definition) is 1. The molecule has 2 aromatic carbocycles. The number of hydrogen-bond acceptors (Lipinski definition) is 4. The molecule has 1 saturated heterocycles. The molecular formula is C29H40N4O3. The number of carbonyl (C=O) groups is 2. The van der Waals surface area contributed by atoms with Gasteiger partial charge >= 0.3 is 6.03 Å². The second kappa shape index (κ2) is 14.3. The first kappa shape index (κ1) is 27.3. The summed E-state index contributed by atoms with van der Waals surface area (Å²) in [4.78, 5) is 31.5. The fourth-order valence-electron chi connectivity index (χ4n) is 4.26. The number of aryl methyl sites for hydroxylation is 1. The van der Waals surface area contributed by atoms with Gasteiger partial charge in [0.25, 0.3) is 0 Å². The lowest BCUT2D eigenvalue weighted by atomic mass is 10.1. The highest BCUT2D eigenvalue weighted by Gasteiger charge is 2.22. The third-order valence-electron chi connectivity index (χ3n) is 6.54. The number of amides is 3. The van der Waals surface area contributed by atoms with Crippen molar-refractivity contribution in [1.29, 1.82) is 0 Å². The van der Waals surface area contributed by atoms with Crippen LogP contribution in [0.3, 0.4) is 0 Å². The van der Waals surface area contributed by atoms with Gasteiger partial charge < -0.3 is 19.9 Å². The molecule has 1 fully saturated rings. The third-order valence-corrected chi connectivity index (χ3v) is 6.54. The molecule has 7 heteroatoms. The molecule has 1 aliphatic heterocycles. The molecule has 1 heterocycles. The fourth-order valence-corrected chi connectivity index (χ4v) is 4.26. The minimum Gasteiger partial charge on any atom is -0.496 e. The van der Waals surface area contributed by atoms with Gasteiger partial charge in [-0.3, -0.25) is 9.69 Å². The van der Waals surface area contributed by atoms with Crippen LogP contribution in [-0.4, -0.2) is 79.6 Å². The Morgan fingerprint density at radius 3 is 2.42 bits per heavy atom. The Labute approximate surface area is 215 Å². The van der Waals surface area contributed by atoms with Gasteiger partial charge in [-0.2, -0.15) is 0 Å². The summed E-state index contributed by atoms with van der Waals surface area (Å²) in [6, 6.07) is 15.8. The average molecular weight is 493 g/mol. The average Bonchev–Trinajstić information content (AvgIpc) is 2.91. The number of rotatable bonds is 11. The van der Waals surface area contributed by atoms with Gasteiger partial charge in [0.1, 0.15) is 5.75 Å². The van der Waals surface area contributed by atoms with E-state index >= 15 is 0 Å². The lowest BCUT2D eigenvalue weighted by Gasteiger charge is -2.35. The van der Waals surface area contributed by atoms with Gasteiger partial charge in [-0.1, -0.05) is 56.3 Å². The van der Waals surface area contributed by atoms with Crippen LogP contribution in [0.2, 0.25) is 0 Å². The predicted molar refractivity (Wildman–Crippen MR) is 146 cm³/mol. The second-order valence-corrected chi connectivity index (χ2v) is 9.04. The van der Waals surface area contributed by atoms with Crippen molar-refractivity contribution in [2.24, 2.45) is 0 Å². The zero-order valence-electron chi connectivity index (χ0n) is 21.9. The quantitative estimate of drug-likeness (QED) is 0.492. The van der Waals surface area contributed by atoms with E-state index in [9.17, 15) is 9.59 Å². The summed E-state index contributed by atoms with van der Waals surface area (Å²) in [7, 11) is 1.66. The van der Waals surface area contributed by atoms with Crippen LogP contribution in [-0.2, 0) is 11.2 Å². The summed E-state index contributed by atoms with van der Waals surface area (Å²) in [6.45, 7) is 9.14. The monoisotopic (exact) mass is 492 g/mol. The summed E-state index contributed by atoms with van der Waals surface area (Å²) in [6.07, 6.45) is 6.41. The molecule has 0 saturated carbocycles. The number of urea groups is 1. The molecule has 7 nitrogen and oxygen atoms in total. The molecule has 0 spiro atoms. The predicted octanol–water partition coefficient (Wildman–Crippen LogP) is 4.75. The van der Waals surface area contributed by atoms with Gasteiger partial charge in [0.15, 0.2) is 0 Å². The number of nitrogens with zero attached hydrogens (tertiary/aromatic N) is 3. The fraction of sp³-hybridized carbons (Fsp3) is 0.448. The van der Waals surface area contributed by atoms with E-state index in [1.54, 1.807) is 7.11 Å². The van der Waals surface area contributed by atoms with Crippen LogP contribution in [0, 0.1) is 0 Å². The number of nitrogens with one attached hydrogen (secondary N) is 1. The Kier molecular flexibility index (Phi) is 10.8. The third kappa shape index (κ3) is 8.12. The molecular weight excluding hydrogens is 452 g/mol. The lowest BCUT2D eigenvalue weighted by Crippen LogP contribution is -2.51. The van der Waals surface area contributed by atoms with Crippen molar-refractivity contribution >= 4 is 23.7 Å². The smallest absolute Gasteiger partial charge is 0.321 e. The van der Waals surface area contributed by atoms with E-state index in [1.165, 1.54) is 5.56 Å². The molecule has 0 atom stereocenters. The van der Waals surface area contributed by atoms with Crippen LogP contribution in [0.15, 0.2) is 54.6 Å². The van der Waals surface area contributed by atoms with Crippen molar-refractivity contribution < 1.29 is 14.3 Å². The Morgan fingerprint density at radius 1 is 1.03 bits per heavy atom. The first-order valence-corrected chi connectivity index (χ1v) is 13.0. The summed E-state index contributed by atoms with van der Waals surface area (Å²) in [5.74, 6) is 0.995. The van der Waals surface area contributed by atoms with E-state index in [0.29, 0.717) is 32.6 Å². The highest BCUT2D eigenvalue weighted by atomic mass is 16.5. The maximum Gasteiger partial charge on any atom is 0.321 e. The Bertz CT molecular complexity index is 998. The first-order valence-electron chi connectivity index (χ1n) is 13.0. The van der Waals surface area contributed by atoms with Crippen molar-refractivity contribution in [3.63, 3.8) is 0 Å². The van der Waals surface area contributed by atoms with Crippen molar-refractivity contribution in [3.8, 4) is 5.75 Å². The molecule has 0 aromatic heterocycles. The van der Waals surface area contributed by atoms with Crippen molar-refractivity contribution in [1.82, 2.24) is 14.7 Å². The number of para-hydroxylation sites is 1. The standard InChI is InChI=1S/C29H40N4O3/c1-4-9-28(34)32(17-8-11-25-10-6-7-12-27(25)36-3)21-18-31-19-22-33(23-20-31)29(35)30-26-15-13-24(5-2)14-16-26/h6-8,10-16H,4-5,9,17-23H2,1-3H3,(H,30,35)/b11-8+. The molecule has 0 unspecified atom stereocenters. The minimum atomic E-state index is -0.0554. The number of benzene rings is 2. The van der Waals surface area contributed by atoms with Crippen LogP contribution in [0.1, 0.15) is 37.8 Å². The van der Waals surface area contributed by atoms with Crippen LogP contribution in [0.4, 0.5) is 10.5 Å². The highest BCUT2D eigenvalue weighted by Crippen LogP contribution is 2.18. The molecule has 194 valence electrons. The second-order valence-electron chi connectivity index (χ2n) is 9.04. The molecule has 36 heavy (non-hydrogen) atoms. The molecule has 0 bridgehead atoms. The van der Waals surface area contributed by atoms with E-state index in [-0.39, 0.29) is 11.9 Å². The number of methoxy groups -OCH3 is 1. The van der Waals surface area contributed by atoms with E-state index in [0.717, 1.165) is 49.5 Å². The molecule has 3 rings (SSSR count). The van der Waals surface area contributed by atoms with Crippen molar-refractivity contribution in [2.75, 3.05) is 58.2 Å². The highest BCUT2D eigenvalue weighted by molar-refractivity contribution is 5.89. The molecule has 1 aliphatic rings. The SMILES string of the molecule is CCCC(=O)N(C/C=C/c1ccccc1OC)CCN1CCN(C(=O)Nc2ccc(CC)cc2)CC1. The molecule has 2 aromatic rings. The largest absolute Gasteiger partial charge is 0.496 e. The maximum absolute atomic E-state index is 12.7. The van der Waals surface area contributed by atoms with Crippen molar-refractivity contribution in [3.05, 3.63) is 65.7 Å². The van der Waals surface area contributed by atoms with Gasteiger partial charge in [0, 0.05) is 63.5 Å². The van der Waals surface area contributed by atoms with Gasteiger partial charge in [0.2, 0.25) is 5.91 Å². The van der Waals surface area contributed by atoms with Crippen molar-refractivity contribution in [2.45, 2.75) is 33.1 Å². The van der Waals surface area contributed by atoms with Crippen LogP contribution in [0.5, 0.6) is 5.75 Å².